The first-order valence-electron chi connectivity index (χ1n) is 7.40. The number of fused-ring (bicyclic) bond motifs is 1. The number of hydrogen-bond acceptors (Lipinski definition) is 1. The van der Waals surface area contributed by atoms with Crippen LogP contribution in [0, 0.1) is 19.8 Å². The van der Waals surface area contributed by atoms with Gasteiger partial charge >= 0.3 is 0 Å². The summed E-state index contributed by atoms with van der Waals surface area (Å²) in [4.78, 5) is 3.39. The first-order chi connectivity index (χ1) is 9.15. The van der Waals surface area contributed by atoms with Gasteiger partial charge in [-0.25, -0.2) is 0 Å². The third-order valence-electron chi connectivity index (χ3n) is 4.55. The number of aliphatic hydroxyl groups excluding tert-OH is 1. The molecule has 0 saturated heterocycles. The zero-order valence-electron chi connectivity index (χ0n) is 11.9. The highest BCUT2D eigenvalue weighted by molar-refractivity contribution is 5.87. The Morgan fingerprint density at radius 2 is 2.00 bits per heavy atom. The summed E-state index contributed by atoms with van der Waals surface area (Å²) in [6.45, 7) is 4.32. The van der Waals surface area contributed by atoms with Crippen LogP contribution in [0.15, 0.2) is 18.3 Å². The van der Waals surface area contributed by atoms with E-state index >= 15 is 0 Å². The van der Waals surface area contributed by atoms with Crippen molar-refractivity contribution in [1.29, 1.82) is 0 Å². The molecular weight excluding hydrogens is 234 g/mol. The molecule has 0 amide bonds. The fourth-order valence-electron chi connectivity index (χ4n) is 3.61. The average molecular weight is 257 g/mol. The summed E-state index contributed by atoms with van der Waals surface area (Å²) in [5.41, 5.74) is 5.25. The Kier molecular flexibility index (Phi) is 3.36. The molecule has 2 aromatic rings. The van der Waals surface area contributed by atoms with Gasteiger partial charge in [-0.15, -0.1) is 0 Å². The quantitative estimate of drug-likeness (QED) is 0.841. The van der Waals surface area contributed by atoms with Crippen molar-refractivity contribution in [3.63, 3.8) is 0 Å². The number of nitrogens with one attached hydrogen (secondary N) is 1. The fourth-order valence-corrected chi connectivity index (χ4v) is 3.61. The van der Waals surface area contributed by atoms with Gasteiger partial charge in [0.25, 0.3) is 0 Å². The molecule has 2 atom stereocenters. The van der Waals surface area contributed by atoms with Crippen molar-refractivity contribution >= 4 is 10.9 Å². The summed E-state index contributed by atoms with van der Waals surface area (Å²) in [6, 6.07) is 4.46. The summed E-state index contributed by atoms with van der Waals surface area (Å²) in [6.07, 6.45) is 7.63. The van der Waals surface area contributed by atoms with Crippen LogP contribution in [0.1, 0.15) is 42.4 Å². The van der Waals surface area contributed by atoms with Gasteiger partial charge in [0.2, 0.25) is 0 Å². The van der Waals surface area contributed by atoms with Crippen LogP contribution in [0.3, 0.4) is 0 Å². The Labute approximate surface area is 114 Å². The van der Waals surface area contributed by atoms with E-state index in [4.69, 9.17) is 0 Å². The van der Waals surface area contributed by atoms with Crippen molar-refractivity contribution in [3.05, 3.63) is 35.0 Å². The molecule has 1 aliphatic carbocycles. The van der Waals surface area contributed by atoms with E-state index in [0.717, 1.165) is 12.8 Å². The average Bonchev–Trinajstić information content (AvgIpc) is 2.75. The largest absolute Gasteiger partial charge is 0.393 e. The number of benzene rings is 1. The van der Waals surface area contributed by atoms with Crippen LogP contribution >= 0.6 is 0 Å². The van der Waals surface area contributed by atoms with Gasteiger partial charge in [-0.3, -0.25) is 0 Å². The van der Waals surface area contributed by atoms with Crippen LogP contribution in [-0.4, -0.2) is 16.2 Å². The van der Waals surface area contributed by atoms with Gasteiger partial charge in [0.15, 0.2) is 0 Å². The number of aromatic nitrogens is 1. The standard InChI is InChI=1S/C17H23NO/c1-11-7-12(2)17-14(10-18-15(17)8-11)9-13-5-3-4-6-16(13)19/h7-8,10,13,16,18-19H,3-6,9H2,1-2H3. The lowest BCUT2D eigenvalue weighted by Gasteiger charge is -2.27. The van der Waals surface area contributed by atoms with Gasteiger partial charge in [0, 0.05) is 17.1 Å². The molecule has 1 aliphatic rings. The Morgan fingerprint density at radius 1 is 1.21 bits per heavy atom. The zero-order valence-corrected chi connectivity index (χ0v) is 11.9. The van der Waals surface area contributed by atoms with E-state index in [1.54, 1.807) is 0 Å². The Hall–Kier alpha value is -1.28. The predicted octanol–water partition coefficient (Wildman–Crippen LogP) is 3.88. The van der Waals surface area contributed by atoms with Crippen molar-refractivity contribution in [3.8, 4) is 0 Å². The van der Waals surface area contributed by atoms with Crippen LogP contribution < -0.4 is 0 Å². The van der Waals surface area contributed by atoms with Crippen molar-refractivity contribution in [2.24, 2.45) is 5.92 Å². The highest BCUT2D eigenvalue weighted by atomic mass is 16.3. The lowest BCUT2D eigenvalue weighted by molar-refractivity contribution is 0.0702. The molecule has 1 heterocycles. The molecule has 2 N–H and O–H groups in total. The van der Waals surface area contributed by atoms with Crippen LogP contribution in [0.2, 0.25) is 0 Å². The summed E-state index contributed by atoms with van der Waals surface area (Å²) in [5.74, 6) is 0.438. The number of H-pyrrole nitrogens is 1. The molecule has 1 aromatic carbocycles. The van der Waals surface area contributed by atoms with E-state index in [9.17, 15) is 5.11 Å². The molecule has 0 bridgehead atoms. The molecule has 102 valence electrons. The summed E-state index contributed by atoms with van der Waals surface area (Å²) < 4.78 is 0. The van der Waals surface area contributed by atoms with E-state index < -0.39 is 0 Å². The molecule has 0 radical (unpaired) electrons. The lowest BCUT2D eigenvalue weighted by Crippen LogP contribution is -2.26. The van der Waals surface area contributed by atoms with Crippen molar-refractivity contribution in [1.82, 2.24) is 4.98 Å². The van der Waals surface area contributed by atoms with Crippen molar-refractivity contribution in [2.45, 2.75) is 52.1 Å². The first kappa shape index (κ1) is 12.7. The summed E-state index contributed by atoms with van der Waals surface area (Å²) >= 11 is 0. The van der Waals surface area contributed by atoms with E-state index in [1.807, 2.05) is 0 Å². The Morgan fingerprint density at radius 3 is 2.79 bits per heavy atom. The fraction of sp³-hybridized carbons (Fsp3) is 0.529. The van der Waals surface area contributed by atoms with Crippen LogP contribution in [0.5, 0.6) is 0 Å². The van der Waals surface area contributed by atoms with Gasteiger partial charge < -0.3 is 10.1 Å². The molecular formula is C17H23NO. The predicted molar refractivity (Wildman–Crippen MR) is 79.4 cm³/mol. The number of aliphatic hydroxyl groups is 1. The van der Waals surface area contributed by atoms with Gasteiger partial charge in [-0.05, 0) is 61.8 Å². The smallest absolute Gasteiger partial charge is 0.0571 e. The summed E-state index contributed by atoms with van der Waals surface area (Å²) in [5, 5.41) is 11.5. The van der Waals surface area contributed by atoms with Crippen LogP contribution in [-0.2, 0) is 6.42 Å². The van der Waals surface area contributed by atoms with Crippen molar-refractivity contribution in [2.75, 3.05) is 0 Å². The maximum Gasteiger partial charge on any atom is 0.0571 e. The van der Waals surface area contributed by atoms with E-state index in [1.165, 1.54) is 46.9 Å². The van der Waals surface area contributed by atoms with E-state index in [2.05, 4.69) is 37.2 Å². The molecule has 0 aliphatic heterocycles. The maximum atomic E-state index is 10.1. The Balaban J connectivity index is 1.93. The molecule has 19 heavy (non-hydrogen) atoms. The topological polar surface area (TPSA) is 36.0 Å². The summed E-state index contributed by atoms with van der Waals surface area (Å²) in [7, 11) is 0. The van der Waals surface area contributed by atoms with Crippen LogP contribution in [0.4, 0.5) is 0 Å². The molecule has 0 spiro atoms. The molecule has 1 saturated carbocycles. The van der Waals surface area contributed by atoms with Gasteiger partial charge in [0.05, 0.1) is 6.10 Å². The second-order valence-corrected chi connectivity index (χ2v) is 6.13. The lowest BCUT2D eigenvalue weighted by atomic mass is 9.82. The SMILES string of the molecule is Cc1cc(C)c2c(CC3CCCCC3O)c[nH]c2c1. The molecule has 1 fully saturated rings. The minimum Gasteiger partial charge on any atom is -0.393 e. The van der Waals surface area contributed by atoms with E-state index in [0.29, 0.717) is 5.92 Å². The Bertz CT molecular complexity index is 584. The second kappa shape index (κ2) is 5.01. The number of hydrogen-bond donors (Lipinski definition) is 2. The normalized spacial score (nSPS) is 23.9. The zero-order chi connectivity index (χ0) is 13.4. The maximum absolute atomic E-state index is 10.1. The minimum atomic E-state index is -0.107. The highest BCUT2D eigenvalue weighted by Gasteiger charge is 2.24. The van der Waals surface area contributed by atoms with Gasteiger partial charge in [-0.1, -0.05) is 18.9 Å². The highest BCUT2D eigenvalue weighted by Crippen LogP contribution is 2.31. The minimum absolute atomic E-state index is 0.107. The second-order valence-electron chi connectivity index (χ2n) is 6.13. The van der Waals surface area contributed by atoms with Crippen LogP contribution in [0.25, 0.3) is 10.9 Å². The number of rotatable bonds is 2. The third kappa shape index (κ3) is 2.42. The number of aromatic amines is 1. The van der Waals surface area contributed by atoms with Gasteiger partial charge in [-0.2, -0.15) is 0 Å². The molecule has 2 heteroatoms. The van der Waals surface area contributed by atoms with E-state index in [-0.39, 0.29) is 6.10 Å². The molecule has 2 unspecified atom stereocenters. The molecule has 1 aromatic heterocycles. The number of aryl methyl sites for hydroxylation is 2. The molecule has 2 nitrogen and oxygen atoms in total. The first-order valence-corrected chi connectivity index (χ1v) is 7.40. The van der Waals surface area contributed by atoms with Gasteiger partial charge in [0.1, 0.15) is 0 Å². The third-order valence-corrected chi connectivity index (χ3v) is 4.55. The molecule has 3 rings (SSSR count). The van der Waals surface area contributed by atoms with Crippen molar-refractivity contribution < 1.29 is 5.11 Å². The monoisotopic (exact) mass is 257 g/mol.